The van der Waals surface area contributed by atoms with Gasteiger partial charge in [0.2, 0.25) is 5.91 Å². The molecule has 6 heteroatoms. The molecule has 1 saturated carbocycles. The number of aryl methyl sites for hydroxylation is 1. The average molecular weight is 415 g/mol. The molecule has 2 aliphatic carbocycles. The highest BCUT2D eigenvalue weighted by atomic mass is 16.5. The zero-order valence-electron chi connectivity index (χ0n) is 18.1. The van der Waals surface area contributed by atoms with Gasteiger partial charge in [0.15, 0.2) is 0 Å². The number of nitrogens with zero attached hydrogens (tertiary/aromatic N) is 2. The van der Waals surface area contributed by atoms with E-state index in [1.807, 2.05) is 11.0 Å². The van der Waals surface area contributed by atoms with Crippen molar-refractivity contribution in [3.05, 3.63) is 29.3 Å². The van der Waals surface area contributed by atoms with E-state index in [-0.39, 0.29) is 17.8 Å². The van der Waals surface area contributed by atoms with Gasteiger partial charge in [0.25, 0.3) is 0 Å². The molecule has 1 aliphatic heterocycles. The van der Waals surface area contributed by atoms with Crippen LogP contribution in [0.5, 0.6) is 5.75 Å². The molecule has 4 rings (SSSR count). The number of amides is 1. The predicted octanol–water partition coefficient (Wildman–Crippen LogP) is 2.99. The van der Waals surface area contributed by atoms with Crippen molar-refractivity contribution in [2.24, 2.45) is 5.92 Å². The molecule has 3 aliphatic rings. The lowest BCUT2D eigenvalue weighted by molar-refractivity contribution is -0.144. The minimum absolute atomic E-state index is 0.109. The van der Waals surface area contributed by atoms with Crippen LogP contribution in [-0.2, 0) is 20.7 Å². The van der Waals surface area contributed by atoms with Gasteiger partial charge < -0.3 is 14.4 Å². The lowest BCUT2D eigenvalue weighted by Crippen LogP contribution is -2.51. The van der Waals surface area contributed by atoms with Crippen LogP contribution >= 0.6 is 0 Å². The lowest BCUT2D eigenvalue weighted by atomic mass is 9.81. The molecule has 0 radical (unpaired) electrons. The number of carbonyl (C=O) groups is 2. The number of hydrogen-bond donors (Lipinski definition) is 0. The summed E-state index contributed by atoms with van der Waals surface area (Å²) in [5.74, 6) is 1.64. The Balaban J connectivity index is 1.17. The van der Waals surface area contributed by atoms with Gasteiger partial charge in [-0.15, -0.1) is 0 Å². The third kappa shape index (κ3) is 4.97. The highest BCUT2D eigenvalue weighted by molar-refractivity contribution is 5.79. The SMILES string of the molecule is COc1ccc2c(c1)CCC[C@@H]2CC(=O)OCCN1CCN(C(=O)C2CCC2)CC1. The van der Waals surface area contributed by atoms with E-state index >= 15 is 0 Å². The molecule has 164 valence electrons. The molecule has 0 bridgehead atoms. The zero-order chi connectivity index (χ0) is 20.9. The predicted molar refractivity (Wildman–Crippen MR) is 115 cm³/mol. The van der Waals surface area contributed by atoms with Gasteiger partial charge in [0.1, 0.15) is 12.4 Å². The second-order valence-electron chi connectivity index (χ2n) is 8.87. The van der Waals surface area contributed by atoms with E-state index in [1.165, 1.54) is 17.5 Å². The van der Waals surface area contributed by atoms with Gasteiger partial charge in [-0.25, -0.2) is 0 Å². The van der Waals surface area contributed by atoms with Gasteiger partial charge in [-0.1, -0.05) is 12.5 Å². The largest absolute Gasteiger partial charge is 0.497 e. The summed E-state index contributed by atoms with van der Waals surface area (Å²) >= 11 is 0. The smallest absolute Gasteiger partial charge is 0.306 e. The van der Waals surface area contributed by atoms with E-state index in [0.717, 1.165) is 70.6 Å². The van der Waals surface area contributed by atoms with Crippen molar-refractivity contribution in [3.8, 4) is 5.75 Å². The number of ether oxygens (including phenoxy) is 2. The molecule has 1 saturated heterocycles. The minimum Gasteiger partial charge on any atom is -0.497 e. The summed E-state index contributed by atoms with van der Waals surface area (Å²) in [6.45, 7) is 4.51. The fraction of sp³-hybridized carbons (Fsp3) is 0.667. The first-order valence-corrected chi connectivity index (χ1v) is 11.5. The monoisotopic (exact) mass is 414 g/mol. The first-order chi connectivity index (χ1) is 14.6. The molecule has 30 heavy (non-hydrogen) atoms. The Hall–Kier alpha value is -2.08. The van der Waals surface area contributed by atoms with Gasteiger partial charge in [-0.3, -0.25) is 14.5 Å². The number of esters is 1. The van der Waals surface area contributed by atoms with Crippen LogP contribution in [0.1, 0.15) is 55.6 Å². The Kier molecular flexibility index (Phi) is 6.93. The third-order valence-electron chi connectivity index (χ3n) is 7.01. The maximum Gasteiger partial charge on any atom is 0.306 e. The summed E-state index contributed by atoms with van der Waals surface area (Å²) in [4.78, 5) is 29.1. The lowest BCUT2D eigenvalue weighted by Gasteiger charge is -2.38. The zero-order valence-corrected chi connectivity index (χ0v) is 18.1. The standard InChI is InChI=1S/C24H34N2O4/c1-29-21-8-9-22-19(16-21)6-3-7-20(22)17-23(27)30-15-14-25-10-12-26(13-11-25)24(28)18-4-2-5-18/h8-9,16,18,20H,2-7,10-15,17H2,1H3/t20-/m1/s1. The molecule has 1 atom stereocenters. The van der Waals surface area contributed by atoms with Crippen LogP contribution < -0.4 is 4.74 Å². The third-order valence-corrected chi connectivity index (χ3v) is 7.01. The summed E-state index contributed by atoms with van der Waals surface area (Å²) in [6.07, 6.45) is 6.95. The van der Waals surface area contributed by atoms with E-state index in [0.29, 0.717) is 18.9 Å². The molecule has 1 aromatic carbocycles. The van der Waals surface area contributed by atoms with Crippen LogP contribution in [0.2, 0.25) is 0 Å². The first kappa shape index (κ1) is 21.2. The van der Waals surface area contributed by atoms with Crippen LogP contribution in [-0.4, -0.2) is 68.1 Å². The first-order valence-electron chi connectivity index (χ1n) is 11.5. The van der Waals surface area contributed by atoms with Crippen molar-refractivity contribution < 1.29 is 19.1 Å². The van der Waals surface area contributed by atoms with E-state index in [4.69, 9.17) is 9.47 Å². The van der Waals surface area contributed by atoms with Gasteiger partial charge in [-0.2, -0.15) is 0 Å². The molecule has 0 spiro atoms. The molecule has 0 aromatic heterocycles. The molecule has 6 nitrogen and oxygen atoms in total. The fourth-order valence-electron chi connectivity index (χ4n) is 4.88. The van der Waals surface area contributed by atoms with Crippen molar-refractivity contribution in [2.45, 2.75) is 50.9 Å². The molecular weight excluding hydrogens is 380 g/mol. The van der Waals surface area contributed by atoms with E-state index in [2.05, 4.69) is 17.0 Å². The number of hydrogen-bond acceptors (Lipinski definition) is 5. The maximum atomic E-state index is 12.4. The van der Waals surface area contributed by atoms with Crippen molar-refractivity contribution in [3.63, 3.8) is 0 Å². The van der Waals surface area contributed by atoms with Crippen molar-refractivity contribution in [1.29, 1.82) is 0 Å². The van der Waals surface area contributed by atoms with Crippen LogP contribution in [0.25, 0.3) is 0 Å². The van der Waals surface area contributed by atoms with Crippen LogP contribution in [0.15, 0.2) is 18.2 Å². The Morgan fingerprint density at radius 3 is 2.57 bits per heavy atom. The normalized spacial score (nSPS) is 22.2. The van der Waals surface area contributed by atoms with E-state index in [1.54, 1.807) is 7.11 Å². The topological polar surface area (TPSA) is 59.1 Å². The number of carbonyl (C=O) groups excluding carboxylic acids is 2. The average Bonchev–Trinajstić information content (AvgIpc) is 2.72. The summed E-state index contributed by atoms with van der Waals surface area (Å²) in [6, 6.07) is 6.19. The second-order valence-corrected chi connectivity index (χ2v) is 8.87. The molecule has 2 fully saturated rings. The Bertz CT molecular complexity index is 754. The number of rotatable bonds is 7. The minimum atomic E-state index is -0.109. The molecule has 0 unspecified atom stereocenters. The highest BCUT2D eigenvalue weighted by Gasteiger charge is 2.31. The fourth-order valence-corrected chi connectivity index (χ4v) is 4.88. The Morgan fingerprint density at radius 1 is 1.07 bits per heavy atom. The van der Waals surface area contributed by atoms with Gasteiger partial charge in [-0.05, 0) is 61.3 Å². The second kappa shape index (κ2) is 9.82. The highest BCUT2D eigenvalue weighted by Crippen LogP contribution is 2.36. The van der Waals surface area contributed by atoms with Crippen LogP contribution in [0, 0.1) is 5.92 Å². The van der Waals surface area contributed by atoms with Crippen molar-refractivity contribution in [2.75, 3.05) is 46.4 Å². The molecular formula is C24H34N2O4. The maximum absolute atomic E-state index is 12.4. The number of piperazine rings is 1. The van der Waals surface area contributed by atoms with Crippen molar-refractivity contribution >= 4 is 11.9 Å². The van der Waals surface area contributed by atoms with E-state index in [9.17, 15) is 9.59 Å². The summed E-state index contributed by atoms with van der Waals surface area (Å²) in [7, 11) is 1.69. The number of methoxy groups -OCH3 is 1. The van der Waals surface area contributed by atoms with Crippen molar-refractivity contribution in [1.82, 2.24) is 9.80 Å². The summed E-state index contributed by atoms with van der Waals surface area (Å²) < 4.78 is 10.9. The molecule has 1 amide bonds. The number of fused-ring (bicyclic) bond motifs is 1. The Morgan fingerprint density at radius 2 is 1.87 bits per heavy atom. The van der Waals surface area contributed by atoms with Gasteiger partial charge in [0.05, 0.1) is 13.5 Å². The molecule has 1 heterocycles. The summed E-state index contributed by atoms with van der Waals surface area (Å²) in [5, 5.41) is 0. The Labute approximate surface area is 179 Å². The molecule has 0 N–H and O–H groups in total. The number of benzene rings is 1. The van der Waals surface area contributed by atoms with Gasteiger partial charge in [0, 0.05) is 38.6 Å². The van der Waals surface area contributed by atoms with Crippen LogP contribution in [0.4, 0.5) is 0 Å². The summed E-state index contributed by atoms with van der Waals surface area (Å²) in [5.41, 5.74) is 2.57. The van der Waals surface area contributed by atoms with E-state index < -0.39 is 0 Å². The van der Waals surface area contributed by atoms with Gasteiger partial charge >= 0.3 is 5.97 Å². The molecule has 1 aromatic rings. The quantitative estimate of drug-likeness (QED) is 0.642. The van der Waals surface area contributed by atoms with Crippen LogP contribution in [0.3, 0.4) is 0 Å².